The molecule has 0 fully saturated rings. The molecule has 0 saturated carbocycles. The quantitative estimate of drug-likeness (QED) is 0.872. The molecular formula is C15H15FN2S. The number of benzene rings is 1. The van der Waals surface area contributed by atoms with Gasteiger partial charge < -0.3 is 10.6 Å². The average molecular weight is 274 g/mol. The van der Waals surface area contributed by atoms with Crippen LogP contribution in [0.2, 0.25) is 0 Å². The summed E-state index contributed by atoms with van der Waals surface area (Å²) in [6, 6.07) is 10.6. The van der Waals surface area contributed by atoms with Gasteiger partial charge in [0.1, 0.15) is 5.82 Å². The molecule has 0 spiro atoms. The molecule has 0 aliphatic heterocycles. The van der Waals surface area contributed by atoms with Crippen LogP contribution < -0.4 is 10.6 Å². The molecule has 0 aliphatic carbocycles. The van der Waals surface area contributed by atoms with Crippen molar-refractivity contribution in [3.05, 3.63) is 52.0 Å². The summed E-state index contributed by atoms with van der Waals surface area (Å²) in [4.78, 5) is 4.20. The van der Waals surface area contributed by atoms with Crippen molar-refractivity contribution < 1.29 is 4.39 Å². The Bertz CT molecular complexity index is 610. The van der Waals surface area contributed by atoms with E-state index in [2.05, 4.69) is 11.8 Å². The number of halogens is 1. The molecule has 4 heteroatoms. The Labute approximate surface area is 116 Å². The van der Waals surface area contributed by atoms with Crippen molar-refractivity contribution in [1.82, 2.24) is 0 Å². The number of rotatable bonds is 3. The van der Waals surface area contributed by atoms with Gasteiger partial charge in [-0.1, -0.05) is 17.9 Å². The van der Waals surface area contributed by atoms with E-state index in [1.54, 1.807) is 17.4 Å². The van der Waals surface area contributed by atoms with Gasteiger partial charge in [0.05, 0.1) is 18.0 Å². The number of anilines is 1. The monoisotopic (exact) mass is 274 g/mol. The zero-order valence-electron chi connectivity index (χ0n) is 10.7. The van der Waals surface area contributed by atoms with E-state index in [-0.39, 0.29) is 5.82 Å². The van der Waals surface area contributed by atoms with Crippen LogP contribution in [0.5, 0.6) is 0 Å². The van der Waals surface area contributed by atoms with Gasteiger partial charge >= 0.3 is 0 Å². The standard InChI is InChI=1S/C15H15FN2S/c1-18(13-5-2-4-12(16)10-13)11-15-8-7-14(19-15)6-3-9-17/h2,4-5,7-8,10H,9,11,17H2,1H3. The molecule has 2 nitrogen and oxygen atoms in total. The Morgan fingerprint density at radius 2 is 2.16 bits per heavy atom. The molecule has 0 amide bonds. The lowest BCUT2D eigenvalue weighted by atomic mass is 10.3. The highest BCUT2D eigenvalue weighted by Gasteiger charge is 2.05. The van der Waals surface area contributed by atoms with E-state index in [1.807, 2.05) is 30.1 Å². The van der Waals surface area contributed by atoms with Gasteiger partial charge in [0.15, 0.2) is 0 Å². The van der Waals surface area contributed by atoms with Gasteiger partial charge in [0.2, 0.25) is 0 Å². The fourth-order valence-electron chi connectivity index (χ4n) is 1.71. The Kier molecular flexibility index (Phi) is 4.56. The molecule has 19 heavy (non-hydrogen) atoms. The lowest BCUT2D eigenvalue weighted by Gasteiger charge is -2.18. The number of thiophene rings is 1. The molecular weight excluding hydrogens is 259 g/mol. The number of nitrogens with two attached hydrogens (primary N) is 1. The van der Waals surface area contributed by atoms with Crippen molar-refractivity contribution in [2.75, 3.05) is 18.5 Å². The van der Waals surface area contributed by atoms with Gasteiger partial charge in [-0.05, 0) is 30.3 Å². The van der Waals surface area contributed by atoms with Gasteiger partial charge in [0, 0.05) is 17.6 Å². The fourth-order valence-corrected chi connectivity index (χ4v) is 2.64. The molecule has 1 aromatic carbocycles. The highest BCUT2D eigenvalue weighted by atomic mass is 32.1. The van der Waals surface area contributed by atoms with Crippen molar-refractivity contribution in [1.29, 1.82) is 0 Å². The highest BCUT2D eigenvalue weighted by molar-refractivity contribution is 7.12. The van der Waals surface area contributed by atoms with Crippen LogP contribution in [-0.4, -0.2) is 13.6 Å². The minimum Gasteiger partial charge on any atom is -0.369 e. The van der Waals surface area contributed by atoms with Crippen LogP contribution in [0.1, 0.15) is 9.75 Å². The molecule has 0 saturated heterocycles. The van der Waals surface area contributed by atoms with E-state index in [0.717, 1.165) is 17.1 Å². The van der Waals surface area contributed by atoms with E-state index in [9.17, 15) is 4.39 Å². The van der Waals surface area contributed by atoms with E-state index in [4.69, 9.17) is 5.73 Å². The van der Waals surface area contributed by atoms with E-state index in [0.29, 0.717) is 6.54 Å². The summed E-state index contributed by atoms with van der Waals surface area (Å²) in [6.07, 6.45) is 0. The van der Waals surface area contributed by atoms with Crippen LogP contribution in [0.15, 0.2) is 36.4 Å². The number of hydrogen-bond acceptors (Lipinski definition) is 3. The third kappa shape index (κ3) is 3.82. The third-order valence-corrected chi connectivity index (χ3v) is 3.60. The maximum atomic E-state index is 13.2. The second-order valence-electron chi connectivity index (χ2n) is 4.11. The van der Waals surface area contributed by atoms with Crippen molar-refractivity contribution in [3.63, 3.8) is 0 Å². The molecule has 0 atom stereocenters. The Morgan fingerprint density at radius 3 is 2.89 bits per heavy atom. The average Bonchev–Trinajstić information content (AvgIpc) is 2.84. The van der Waals surface area contributed by atoms with Crippen molar-refractivity contribution in [3.8, 4) is 11.8 Å². The zero-order valence-corrected chi connectivity index (χ0v) is 11.5. The van der Waals surface area contributed by atoms with Crippen LogP contribution in [-0.2, 0) is 6.54 Å². The smallest absolute Gasteiger partial charge is 0.125 e. The predicted molar refractivity (Wildman–Crippen MR) is 78.8 cm³/mol. The molecule has 0 unspecified atom stereocenters. The van der Waals surface area contributed by atoms with E-state index >= 15 is 0 Å². The zero-order chi connectivity index (χ0) is 13.7. The SMILES string of the molecule is CN(Cc1ccc(C#CCN)s1)c1cccc(F)c1. The van der Waals surface area contributed by atoms with Gasteiger partial charge in [-0.3, -0.25) is 0 Å². The lowest BCUT2D eigenvalue weighted by molar-refractivity contribution is 0.627. The number of hydrogen-bond donors (Lipinski definition) is 1. The molecule has 0 bridgehead atoms. The van der Waals surface area contributed by atoms with Crippen molar-refractivity contribution in [2.45, 2.75) is 6.54 Å². The van der Waals surface area contributed by atoms with Gasteiger partial charge in [0.25, 0.3) is 0 Å². The lowest BCUT2D eigenvalue weighted by Crippen LogP contribution is -2.15. The Balaban J connectivity index is 2.06. The first-order valence-corrected chi connectivity index (χ1v) is 6.75. The van der Waals surface area contributed by atoms with Crippen LogP contribution in [0.3, 0.4) is 0 Å². The molecule has 0 radical (unpaired) electrons. The van der Waals surface area contributed by atoms with Crippen LogP contribution in [0, 0.1) is 17.7 Å². The second-order valence-corrected chi connectivity index (χ2v) is 5.28. The molecule has 2 N–H and O–H groups in total. The number of nitrogens with zero attached hydrogens (tertiary/aromatic N) is 1. The van der Waals surface area contributed by atoms with Gasteiger partial charge in [-0.2, -0.15) is 0 Å². The summed E-state index contributed by atoms with van der Waals surface area (Å²) < 4.78 is 13.2. The third-order valence-electron chi connectivity index (χ3n) is 2.62. The fraction of sp³-hybridized carbons (Fsp3) is 0.200. The molecule has 1 aromatic heterocycles. The maximum absolute atomic E-state index is 13.2. The molecule has 2 aromatic rings. The first kappa shape index (κ1) is 13.6. The van der Waals surface area contributed by atoms with Gasteiger partial charge in [-0.15, -0.1) is 11.3 Å². The van der Waals surface area contributed by atoms with Crippen LogP contribution in [0.25, 0.3) is 0 Å². The van der Waals surface area contributed by atoms with E-state index in [1.165, 1.54) is 17.0 Å². The predicted octanol–water partition coefficient (Wildman–Crippen LogP) is 2.83. The van der Waals surface area contributed by atoms with Crippen molar-refractivity contribution in [2.24, 2.45) is 5.73 Å². The Morgan fingerprint density at radius 1 is 1.32 bits per heavy atom. The summed E-state index contributed by atoms with van der Waals surface area (Å²) in [7, 11) is 1.94. The summed E-state index contributed by atoms with van der Waals surface area (Å²) in [5.41, 5.74) is 6.21. The van der Waals surface area contributed by atoms with E-state index < -0.39 is 0 Å². The normalized spacial score (nSPS) is 9.84. The van der Waals surface area contributed by atoms with Crippen LogP contribution in [0.4, 0.5) is 10.1 Å². The van der Waals surface area contributed by atoms with Gasteiger partial charge in [-0.25, -0.2) is 4.39 Å². The summed E-state index contributed by atoms with van der Waals surface area (Å²) in [6.45, 7) is 1.11. The maximum Gasteiger partial charge on any atom is 0.125 e. The second kappa shape index (κ2) is 6.37. The highest BCUT2D eigenvalue weighted by Crippen LogP contribution is 2.21. The summed E-state index contributed by atoms with van der Waals surface area (Å²) >= 11 is 1.64. The molecule has 98 valence electrons. The molecule has 2 rings (SSSR count). The van der Waals surface area contributed by atoms with Crippen LogP contribution >= 0.6 is 11.3 Å². The first-order chi connectivity index (χ1) is 9.19. The first-order valence-electron chi connectivity index (χ1n) is 5.93. The topological polar surface area (TPSA) is 29.3 Å². The molecule has 0 aliphatic rings. The summed E-state index contributed by atoms with van der Waals surface area (Å²) in [5.74, 6) is 5.63. The molecule has 1 heterocycles. The largest absolute Gasteiger partial charge is 0.369 e. The minimum absolute atomic E-state index is 0.218. The van der Waals surface area contributed by atoms with Crippen molar-refractivity contribution >= 4 is 17.0 Å². The summed E-state index contributed by atoms with van der Waals surface area (Å²) in [5, 5.41) is 0. The minimum atomic E-state index is -0.218. The Hall–Kier alpha value is -1.83.